The Hall–Kier alpha value is -1.13. The van der Waals surface area contributed by atoms with Crippen LogP contribution in [0.25, 0.3) is 0 Å². The second kappa shape index (κ2) is 7.23. The van der Waals surface area contributed by atoms with Crippen molar-refractivity contribution in [2.24, 2.45) is 5.73 Å². The molecule has 114 valence electrons. The topological polar surface area (TPSA) is 55.1 Å². The molecule has 1 aromatic rings. The van der Waals surface area contributed by atoms with Crippen LogP contribution in [0, 0.1) is 0 Å². The summed E-state index contributed by atoms with van der Waals surface area (Å²) in [6.07, 6.45) is 6.35. The first-order valence-electron chi connectivity index (χ1n) is 7.38. The molecule has 1 aromatic carbocycles. The van der Waals surface area contributed by atoms with Gasteiger partial charge in [-0.15, -0.1) is 0 Å². The van der Waals surface area contributed by atoms with Crippen LogP contribution in [0.5, 0.6) is 0 Å². The Labute approximate surface area is 136 Å². The van der Waals surface area contributed by atoms with Gasteiger partial charge in [0.15, 0.2) is 0 Å². The molecular weight excluding hydrogens is 304 g/mol. The Balaban J connectivity index is 2.08. The number of nitrogens with one attached hydrogen (secondary N) is 1. The van der Waals surface area contributed by atoms with E-state index in [1.807, 2.05) is 18.2 Å². The van der Waals surface area contributed by atoms with Gasteiger partial charge in [-0.2, -0.15) is 0 Å². The molecule has 0 spiro atoms. The molecule has 5 heteroatoms. The van der Waals surface area contributed by atoms with Gasteiger partial charge in [0.25, 0.3) is 0 Å². The molecular formula is C16H21ClN2OS. The van der Waals surface area contributed by atoms with Gasteiger partial charge in [-0.25, -0.2) is 0 Å². The molecule has 1 saturated carbocycles. The Morgan fingerprint density at radius 2 is 1.86 bits per heavy atom. The van der Waals surface area contributed by atoms with Crippen molar-refractivity contribution in [2.75, 3.05) is 0 Å². The number of hydrogen-bond donors (Lipinski definition) is 2. The lowest BCUT2D eigenvalue weighted by molar-refractivity contribution is -0.121. The van der Waals surface area contributed by atoms with Crippen molar-refractivity contribution in [3.8, 4) is 0 Å². The first-order chi connectivity index (χ1) is 10.0. The minimum Gasteiger partial charge on any atom is -0.391 e. The monoisotopic (exact) mass is 324 g/mol. The lowest BCUT2D eigenvalue weighted by Crippen LogP contribution is -2.56. The maximum Gasteiger partial charge on any atom is 0.225 e. The molecule has 3 N–H and O–H groups in total. The van der Waals surface area contributed by atoms with Gasteiger partial charge < -0.3 is 11.1 Å². The van der Waals surface area contributed by atoms with Crippen LogP contribution >= 0.6 is 23.8 Å². The van der Waals surface area contributed by atoms with Crippen LogP contribution in [0.3, 0.4) is 0 Å². The first-order valence-corrected chi connectivity index (χ1v) is 8.16. The highest BCUT2D eigenvalue weighted by atomic mass is 35.5. The summed E-state index contributed by atoms with van der Waals surface area (Å²) in [6.45, 7) is 0. The van der Waals surface area contributed by atoms with E-state index >= 15 is 0 Å². The van der Waals surface area contributed by atoms with Crippen molar-refractivity contribution in [2.45, 2.75) is 50.5 Å². The van der Waals surface area contributed by atoms with Gasteiger partial charge in [0.2, 0.25) is 5.91 Å². The molecule has 0 saturated heterocycles. The molecule has 1 aliphatic carbocycles. The number of carbonyl (C=O) groups is 1. The molecule has 0 heterocycles. The van der Waals surface area contributed by atoms with Gasteiger partial charge in [0.05, 0.1) is 16.9 Å². The number of thiocarbonyl (C=S) groups is 1. The van der Waals surface area contributed by atoms with Crippen molar-refractivity contribution >= 4 is 34.7 Å². The largest absolute Gasteiger partial charge is 0.391 e. The van der Waals surface area contributed by atoms with Crippen molar-refractivity contribution in [1.82, 2.24) is 5.32 Å². The number of nitrogens with two attached hydrogens (primary N) is 1. The average Bonchev–Trinajstić information content (AvgIpc) is 2.68. The van der Waals surface area contributed by atoms with Crippen LogP contribution in [0.4, 0.5) is 0 Å². The van der Waals surface area contributed by atoms with E-state index in [2.05, 4.69) is 5.32 Å². The molecule has 0 bridgehead atoms. The van der Waals surface area contributed by atoms with Crippen LogP contribution in [0.15, 0.2) is 24.3 Å². The standard InChI is InChI=1S/C16H21ClN2OS/c17-13-8-4-3-7-12(13)11-14(20)19-16(15(18)21)9-5-1-2-6-10-16/h3-4,7-8H,1-2,5-6,9-11H2,(H2,18,21)(H,19,20). The number of amides is 1. The maximum atomic E-state index is 12.4. The molecule has 3 nitrogen and oxygen atoms in total. The Morgan fingerprint density at radius 3 is 2.43 bits per heavy atom. The number of halogens is 1. The highest BCUT2D eigenvalue weighted by molar-refractivity contribution is 7.80. The van der Waals surface area contributed by atoms with E-state index in [9.17, 15) is 4.79 Å². The Bertz CT molecular complexity index is 525. The minimum atomic E-state index is -0.524. The summed E-state index contributed by atoms with van der Waals surface area (Å²) < 4.78 is 0. The van der Waals surface area contributed by atoms with E-state index in [4.69, 9.17) is 29.6 Å². The number of benzene rings is 1. The highest BCUT2D eigenvalue weighted by Crippen LogP contribution is 2.28. The minimum absolute atomic E-state index is 0.0715. The third-order valence-electron chi connectivity index (χ3n) is 4.12. The summed E-state index contributed by atoms with van der Waals surface area (Å²) in [5.41, 5.74) is 6.23. The summed E-state index contributed by atoms with van der Waals surface area (Å²) in [6, 6.07) is 7.39. The first kappa shape index (κ1) is 16.2. The zero-order chi connectivity index (χ0) is 15.3. The number of rotatable bonds is 4. The Morgan fingerprint density at radius 1 is 1.24 bits per heavy atom. The Kier molecular flexibility index (Phi) is 5.59. The molecule has 0 atom stereocenters. The van der Waals surface area contributed by atoms with E-state index in [-0.39, 0.29) is 12.3 Å². The zero-order valence-electron chi connectivity index (χ0n) is 12.0. The van der Waals surface area contributed by atoms with Crippen LogP contribution in [0.2, 0.25) is 5.02 Å². The fraction of sp³-hybridized carbons (Fsp3) is 0.500. The third-order valence-corrected chi connectivity index (χ3v) is 4.88. The summed E-state index contributed by atoms with van der Waals surface area (Å²) >= 11 is 11.3. The summed E-state index contributed by atoms with van der Waals surface area (Å²) in [4.78, 5) is 12.8. The number of carbonyl (C=O) groups excluding carboxylic acids is 1. The predicted octanol–water partition coefficient (Wildman–Crippen LogP) is 3.38. The van der Waals surface area contributed by atoms with Crippen molar-refractivity contribution < 1.29 is 4.79 Å². The van der Waals surface area contributed by atoms with Gasteiger partial charge in [-0.1, -0.05) is 67.7 Å². The fourth-order valence-corrected chi connectivity index (χ4v) is 3.35. The fourth-order valence-electron chi connectivity index (χ4n) is 2.89. The predicted molar refractivity (Wildman–Crippen MR) is 90.5 cm³/mol. The quantitative estimate of drug-likeness (QED) is 0.659. The van der Waals surface area contributed by atoms with Crippen molar-refractivity contribution in [1.29, 1.82) is 0 Å². The summed E-state index contributed by atoms with van der Waals surface area (Å²) in [5, 5.41) is 3.69. The average molecular weight is 325 g/mol. The van der Waals surface area contributed by atoms with Gasteiger partial charge in [-0.3, -0.25) is 4.79 Å². The van der Waals surface area contributed by atoms with E-state index in [0.29, 0.717) is 10.0 Å². The van der Waals surface area contributed by atoms with Crippen LogP contribution < -0.4 is 11.1 Å². The van der Waals surface area contributed by atoms with Gasteiger partial charge in [-0.05, 0) is 24.5 Å². The molecule has 0 aromatic heterocycles. The second-order valence-electron chi connectivity index (χ2n) is 5.68. The molecule has 1 amide bonds. The SMILES string of the molecule is NC(=S)C1(NC(=O)Cc2ccccc2Cl)CCCCCC1. The highest BCUT2D eigenvalue weighted by Gasteiger charge is 2.35. The molecule has 21 heavy (non-hydrogen) atoms. The van der Waals surface area contributed by atoms with Crippen molar-refractivity contribution in [3.05, 3.63) is 34.9 Å². The van der Waals surface area contributed by atoms with E-state index in [1.165, 1.54) is 12.8 Å². The van der Waals surface area contributed by atoms with Crippen LogP contribution in [-0.2, 0) is 11.2 Å². The third kappa shape index (κ3) is 4.17. The lowest BCUT2D eigenvalue weighted by Gasteiger charge is -2.33. The molecule has 2 rings (SSSR count). The van der Waals surface area contributed by atoms with Gasteiger partial charge in [0.1, 0.15) is 0 Å². The van der Waals surface area contributed by atoms with E-state index in [1.54, 1.807) is 6.07 Å². The molecule has 0 aliphatic heterocycles. The smallest absolute Gasteiger partial charge is 0.225 e. The lowest BCUT2D eigenvalue weighted by atomic mass is 9.89. The van der Waals surface area contributed by atoms with Gasteiger partial charge >= 0.3 is 0 Å². The van der Waals surface area contributed by atoms with Crippen LogP contribution in [0.1, 0.15) is 44.1 Å². The van der Waals surface area contributed by atoms with Crippen LogP contribution in [-0.4, -0.2) is 16.4 Å². The van der Waals surface area contributed by atoms with E-state index < -0.39 is 5.54 Å². The van der Waals surface area contributed by atoms with Crippen molar-refractivity contribution in [3.63, 3.8) is 0 Å². The summed E-state index contributed by atoms with van der Waals surface area (Å²) in [5.74, 6) is -0.0715. The van der Waals surface area contributed by atoms with Gasteiger partial charge in [0, 0.05) is 5.02 Å². The molecule has 1 fully saturated rings. The second-order valence-corrected chi connectivity index (χ2v) is 6.52. The maximum absolute atomic E-state index is 12.4. The molecule has 0 radical (unpaired) electrons. The van der Waals surface area contributed by atoms with E-state index in [0.717, 1.165) is 31.2 Å². The zero-order valence-corrected chi connectivity index (χ0v) is 13.6. The molecule has 0 unspecified atom stereocenters. The molecule has 1 aliphatic rings. The number of hydrogen-bond acceptors (Lipinski definition) is 2. The normalized spacial score (nSPS) is 17.8. The summed E-state index contributed by atoms with van der Waals surface area (Å²) in [7, 11) is 0.